The van der Waals surface area contributed by atoms with Crippen LogP contribution in [0.1, 0.15) is 19.8 Å². The SMILES string of the molecule is CCCCNn1cnc2ncnc-2c1. The standard InChI is InChI=1S/C9H13N5/c1-2-3-4-13-14-5-8-9(12-7-14)11-6-10-8/h5-7,13H,2-4H2,1H3. The second-order valence-electron chi connectivity index (χ2n) is 3.13. The quantitative estimate of drug-likeness (QED) is 0.736. The molecule has 0 saturated heterocycles. The second-order valence-corrected chi connectivity index (χ2v) is 3.13. The van der Waals surface area contributed by atoms with E-state index >= 15 is 0 Å². The van der Waals surface area contributed by atoms with Crippen molar-refractivity contribution in [2.75, 3.05) is 12.0 Å². The van der Waals surface area contributed by atoms with E-state index in [1.54, 1.807) is 6.33 Å². The van der Waals surface area contributed by atoms with Gasteiger partial charge in [0.2, 0.25) is 0 Å². The first-order chi connectivity index (χ1) is 6.90. The number of nitrogens with one attached hydrogen (secondary N) is 1. The lowest BCUT2D eigenvalue weighted by molar-refractivity contribution is 0.738. The van der Waals surface area contributed by atoms with Gasteiger partial charge in [-0.15, -0.1) is 0 Å². The molecule has 74 valence electrons. The van der Waals surface area contributed by atoms with Crippen molar-refractivity contribution in [3.05, 3.63) is 18.9 Å². The monoisotopic (exact) mass is 191 g/mol. The third kappa shape index (κ3) is 1.81. The van der Waals surface area contributed by atoms with Gasteiger partial charge in [0.05, 0.1) is 6.20 Å². The van der Waals surface area contributed by atoms with Gasteiger partial charge < -0.3 is 5.43 Å². The minimum Gasteiger partial charge on any atom is -0.325 e. The van der Waals surface area contributed by atoms with Crippen molar-refractivity contribution >= 4 is 0 Å². The van der Waals surface area contributed by atoms with Crippen molar-refractivity contribution in [3.63, 3.8) is 0 Å². The molecule has 0 aromatic rings. The van der Waals surface area contributed by atoms with Crippen molar-refractivity contribution in [3.8, 4) is 11.5 Å². The zero-order chi connectivity index (χ0) is 9.80. The van der Waals surface area contributed by atoms with Crippen molar-refractivity contribution in [2.45, 2.75) is 19.8 Å². The van der Waals surface area contributed by atoms with Gasteiger partial charge in [0.25, 0.3) is 0 Å². The topological polar surface area (TPSA) is 55.6 Å². The molecule has 0 fully saturated rings. The number of hydrogen-bond donors (Lipinski definition) is 1. The smallest absolute Gasteiger partial charge is 0.182 e. The molecular formula is C9H13N5. The van der Waals surface area contributed by atoms with Gasteiger partial charge in [-0.2, -0.15) is 0 Å². The molecule has 2 heterocycles. The van der Waals surface area contributed by atoms with Gasteiger partial charge in [-0.05, 0) is 6.42 Å². The molecule has 0 aromatic carbocycles. The lowest BCUT2D eigenvalue weighted by Gasteiger charge is -2.09. The maximum atomic E-state index is 4.15. The van der Waals surface area contributed by atoms with E-state index in [0.29, 0.717) is 5.82 Å². The first-order valence-electron chi connectivity index (χ1n) is 4.78. The van der Waals surface area contributed by atoms with Gasteiger partial charge in [-0.3, -0.25) is 4.68 Å². The summed E-state index contributed by atoms with van der Waals surface area (Å²) in [7, 11) is 0. The molecule has 0 atom stereocenters. The summed E-state index contributed by atoms with van der Waals surface area (Å²) in [5.74, 6) is 0.693. The fourth-order valence-corrected chi connectivity index (χ4v) is 1.21. The molecule has 0 saturated carbocycles. The van der Waals surface area contributed by atoms with Crippen LogP contribution < -0.4 is 5.43 Å². The zero-order valence-corrected chi connectivity index (χ0v) is 8.14. The van der Waals surface area contributed by atoms with Crippen LogP contribution in [0.5, 0.6) is 0 Å². The number of imidazole rings is 1. The fourth-order valence-electron chi connectivity index (χ4n) is 1.21. The first-order valence-corrected chi connectivity index (χ1v) is 4.78. The first kappa shape index (κ1) is 8.93. The van der Waals surface area contributed by atoms with E-state index < -0.39 is 0 Å². The van der Waals surface area contributed by atoms with E-state index in [1.165, 1.54) is 12.7 Å². The average Bonchev–Trinajstić information content (AvgIpc) is 2.65. The Hall–Kier alpha value is -1.65. The van der Waals surface area contributed by atoms with Crippen LogP contribution in [0, 0.1) is 0 Å². The minimum atomic E-state index is 0.693. The van der Waals surface area contributed by atoms with Gasteiger partial charge in [0.15, 0.2) is 5.82 Å². The number of nitrogens with zero attached hydrogens (tertiary/aromatic N) is 4. The van der Waals surface area contributed by atoms with Crippen molar-refractivity contribution in [1.82, 2.24) is 19.6 Å². The molecule has 0 amide bonds. The number of unbranched alkanes of at least 4 members (excludes halogenated alkanes) is 1. The summed E-state index contributed by atoms with van der Waals surface area (Å²) in [5.41, 5.74) is 4.03. The molecule has 0 aliphatic carbocycles. The molecule has 5 nitrogen and oxygen atoms in total. The van der Waals surface area contributed by atoms with Gasteiger partial charge in [0, 0.05) is 6.54 Å². The van der Waals surface area contributed by atoms with Crippen LogP contribution in [0.3, 0.4) is 0 Å². The number of hydrogen-bond acceptors (Lipinski definition) is 4. The Kier molecular flexibility index (Phi) is 2.58. The zero-order valence-electron chi connectivity index (χ0n) is 8.14. The molecule has 0 spiro atoms. The highest BCUT2D eigenvalue weighted by molar-refractivity contribution is 5.47. The van der Waals surface area contributed by atoms with Gasteiger partial charge >= 0.3 is 0 Å². The molecule has 14 heavy (non-hydrogen) atoms. The van der Waals surface area contributed by atoms with Crippen LogP contribution in [0.4, 0.5) is 0 Å². The highest BCUT2D eigenvalue weighted by Gasteiger charge is 2.05. The predicted octanol–water partition coefficient (Wildman–Crippen LogP) is 1.12. The number of rotatable bonds is 4. The van der Waals surface area contributed by atoms with Gasteiger partial charge in [-0.1, -0.05) is 13.3 Å². The van der Waals surface area contributed by atoms with Gasteiger partial charge in [0.1, 0.15) is 18.3 Å². The molecule has 0 aromatic heterocycles. The Balaban J connectivity index is 2.07. The maximum absolute atomic E-state index is 4.15. The lowest BCUT2D eigenvalue weighted by atomic mass is 10.3. The third-order valence-electron chi connectivity index (χ3n) is 2.00. The van der Waals surface area contributed by atoms with E-state index in [-0.39, 0.29) is 0 Å². The molecule has 2 aliphatic rings. The molecule has 2 rings (SSSR count). The lowest BCUT2D eigenvalue weighted by Crippen LogP contribution is -2.16. The fraction of sp³-hybridized carbons (Fsp3) is 0.444. The Morgan fingerprint density at radius 2 is 2.29 bits per heavy atom. The molecule has 0 unspecified atom stereocenters. The van der Waals surface area contributed by atoms with Crippen LogP contribution in [0.15, 0.2) is 18.9 Å². The van der Waals surface area contributed by atoms with E-state index in [4.69, 9.17) is 0 Å². The van der Waals surface area contributed by atoms with Crippen molar-refractivity contribution in [1.29, 1.82) is 0 Å². The summed E-state index contributed by atoms with van der Waals surface area (Å²) in [6, 6.07) is 0. The predicted molar refractivity (Wildman–Crippen MR) is 53.6 cm³/mol. The highest BCUT2D eigenvalue weighted by Crippen LogP contribution is 2.10. The summed E-state index contributed by atoms with van der Waals surface area (Å²) < 4.78 is 1.83. The summed E-state index contributed by atoms with van der Waals surface area (Å²) in [6.45, 7) is 3.11. The third-order valence-corrected chi connectivity index (χ3v) is 2.00. The molecule has 2 aliphatic heterocycles. The summed E-state index contributed by atoms with van der Waals surface area (Å²) in [4.78, 5) is 12.2. The Bertz CT molecular complexity index is 370. The number of aromatic nitrogens is 4. The van der Waals surface area contributed by atoms with Crippen LogP contribution in [-0.4, -0.2) is 26.2 Å². The van der Waals surface area contributed by atoms with Crippen LogP contribution >= 0.6 is 0 Å². The van der Waals surface area contributed by atoms with Gasteiger partial charge in [-0.25, -0.2) is 15.0 Å². The maximum Gasteiger partial charge on any atom is 0.182 e. The Labute approximate surface area is 82.5 Å². The average molecular weight is 191 g/mol. The van der Waals surface area contributed by atoms with Crippen LogP contribution in [0.25, 0.3) is 11.5 Å². The van der Waals surface area contributed by atoms with E-state index in [0.717, 1.165) is 18.7 Å². The van der Waals surface area contributed by atoms with E-state index in [2.05, 4.69) is 27.3 Å². The summed E-state index contributed by atoms with van der Waals surface area (Å²) in [5, 5.41) is 0. The molecule has 0 bridgehead atoms. The molecule has 1 N–H and O–H groups in total. The second kappa shape index (κ2) is 4.04. The normalized spacial score (nSPS) is 10.6. The minimum absolute atomic E-state index is 0.693. The van der Waals surface area contributed by atoms with Crippen molar-refractivity contribution in [2.24, 2.45) is 0 Å². The van der Waals surface area contributed by atoms with Crippen LogP contribution in [0.2, 0.25) is 0 Å². The summed E-state index contributed by atoms with van der Waals surface area (Å²) >= 11 is 0. The van der Waals surface area contributed by atoms with E-state index in [9.17, 15) is 0 Å². The summed E-state index contributed by atoms with van der Waals surface area (Å²) in [6.07, 6.45) is 7.46. The largest absolute Gasteiger partial charge is 0.325 e. The van der Waals surface area contributed by atoms with Crippen molar-refractivity contribution < 1.29 is 0 Å². The molecular weight excluding hydrogens is 178 g/mol. The molecule has 0 radical (unpaired) electrons. The Morgan fingerprint density at radius 1 is 1.36 bits per heavy atom. The molecule has 5 heteroatoms. The van der Waals surface area contributed by atoms with E-state index in [1.807, 2.05) is 10.9 Å². The van der Waals surface area contributed by atoms with Crippen LogP contribution in [-0.2, 0) is 0 Å². The Morgan fingerprint density at radius 3 is 3.14 bits per heavy atom. The highest BCUT2D eigenvalue weighted by atomic mass is 15.4. The number of fused-ring (bicyclic) bond motifs is 1.